The molecule has 2 atom stereocenters. The van der Waals surface area contributed by atoms with Crippen LogP contribution in [0.4, 0.5) is 0 Å². The molecule has 1 aliphatic rings. The van der Waals surface area contributed by atoms with Gasteiger partial charge in [0.05, 0.1) is 6.54 Å². The van der Waals surface area contributed by atoms with Crippen molar-refractivity contribution in [3.8, 4) is 0 Å². The van der Waals surface area contributed by atoms with Crippen LogP contribution in [0.25, 0.3) is 0 Å². The first-order valence-electron chi connectivity index (χ1n) is 4.83. The summed E-state index contributed by atoms with van der Waals surface area (Å²) in [5.74, 6) is 0.696. The number of nitrogens with one attached hydrogen (secondary N) is 1. The highest BCUT2D eigenvalue weighted by Crippen LogP contribution is 2.22. The van der Waals surface area contributed by atoms with Crippen molar-refractivity contribution >= 4 is 5.91 Å². The second-order valence-electron chi connectivity index (χ2n) is 3.71. The van der Waals surface area contributed by atoms with Gasteiger partial charge in [-0.3, -0.25) is 9.69 Å². The van der Waals surface area contributed by atoms with Crippen LogP contribution in [-0.2, 0) is 4.79 Å². The molecule has 13 heavy (non-hydrogen) atoms. The molecule has 0 aromatic heterocycles. The maximum Gasteiger partial charge on any atom is 0.233 e. The summed E-state index contributed by atoms with van der Waals surface area (Å²) in [5, 5.41) is 2.63. The van der Waals surface area contributed by atoms with Crippen molar-refractivity contribution in [3.63, 3.8) is 0 Å². The Labute approximate surface area is 79.5 Å². The van der Waals surface area contributed by atoms with Crippen molar-refractivity contribution < 1.29 is 4.79 Å². The van der Waals surface area contributed by atoms with Gasteiger partial charge < -0.3 is 11.1 Å². The van der Waals surface area contributed by atoms with Crippen molar-refractivity contribution in [2.75, 3.05) is 26.7 Å². The molecule has 4 heteroatoms. The van der Waals surface area contributed by atoms with E-state index in [9.17, 15) is 4.79 Å². The standard InChI is InChI=1S/C9H19N3O/c1-7-3-4-12(8(7)5-10)6-9(13)11-2/h7-8H,3-6,10H2,1-2H3,(H,11,13). The highest BCUT2D eigenvalue weighted by atomic mass is 16.1. The van der Waals surface area contributed by atoms with E-state index >= 15 is 0 Å². The lowest BCUT2D eigenvalue weighted by molar-refractivity contribution is -0.122. The summed E-state index contributed by atoms with van der Waals surface area (Å²) in [6.07, 6.45) is 1.15. The number of carbonyl (C=O) groups is 1. The van der Waals surface area contributed by atoms with Gasteiger partial charge in [-0.05, 0) is 18.9 Å². The molecule has 1 amide bonds. The highest BCUT2D eigenvalue weighted by molar-refractivity contribution is 5.77. The van der Waals surface area contributed by atoms with Crippen molar-refractivity contribution in [2.24, 2.45) is 11.7 Å². The summed E-state index contributed by atoms with van der Waals surface area (Å²) >= 11 is 0. The number of carbonyl (C=O) groups excluding carboxylic acids is 1. The molecule has 1 aliphatic heterocycles. The molecule has 0 spiro atoms. The molecule has 0 saturated carbocycles. The third-order valence-electron chi connectivity index (χ3n) is 2.86. The molecular formula is C9H19N3O. The molecule has 3 N–H and O–H groups in total. The minimum absolute atomic E-state index is 0.0764. The predicted molar refractivity (Wildman–Crippen MR) is 52.3 cm³/mol. The molecule has 76 valence electrons. The first kappa shape index (κ1) is 10.5. The van der Waals surface area contributed by atoms with E-state index in [0.29, 0.717) is 25.0 Å². The van der Waals surface area contributed by atoms with Gasteiger partial charge in [-0.1, -0.05) is 6.92 Å². The van der Waals surface area contributed by atoms with E-state index < -0.39 is 0 Å². The Morgan fingerprint density at radius 1 is 1.69 bits per heavy atom. The molecule has 4 nitrogen and oxygen atoms in total. The van der Waals surface area contributed by atoms with Gasteiger partial charge >= 0.3 is 0 Å². The number of nitrogens with zero attached hydrogens (tertiary/aromatic N) is 1. The quantitative estimate of drug-likeness (QED) is 0.617. The largest absolute Gasteiger partial charge is 0.358 e. The molecule has 0 aliphatic carbocycles. The van der Waals surface area contributed by atoms with Gasteiger partial charge in [-0.15, -0.1) is 0 Å². The SMILES string of the molecule is CNC(=O)CN1CCC(C)C1CN. The molecule has 1 heterocycles. The lowest BCUT2D eigenvalue weighted by Crippen LogP contribution is -2.43. The van der Waals surface area contributed by atoms with Gasteiger partial charge in [0.25, 0.3) is 0 Å². The van der Waals surface area contributed by atoms with Crippen molar-refractivity contribution in [1.29, 1.82) is 0 Å². The lowest BCUT2D eigenvalue weighted by atomic mass is 10.0. The van der Waals surface area contributed by atoms with Crippen LogP contribution in [0.1, 0.15) is 13.3 Å². The van der Waals surface area contributed by atoms with Crippen LogP contribution in [0.3, 0.4) is 0 Å². The van der Waals surface area contributed by atoms with Gasteiger partial charge in [0.15, 0.2) is 0 Å². The van der Waals surface area contributed by atoms with E-state index in [1.165, 1.54) is 0 Å². The fraction of sp³-hybridized carbons (Fsp3) is 0.889. The summed E-state index contributed by atoms with van der Waals surface area (Å²) < 4.78 is 0. The van der Waals surface area contributed by atoms with Gasteiger partial charge in [0, 0.05) is 19.6 Å². The highest BCUT2D eigenvalue weighted by Gasteiger charge is 2.30. The van der Waals surface area contributed by atoms with Crippen molar-refractivity contribution in [3.05, 3.63) is 0 Å². The van der Waals surface area contributed by atoms with Crippen LogP contribution in [-0.4, -0.2) is 43.5 Å². The number of nitrogens with two attached hydrogens (primary N) is 1. The summed E-state index contributed by atoms with van der Waals surface area (Å²) in [5.41, 5.74) is 5.66. The Kier molecular flexibility index (Phi) is 3.69. The van der Waals surface area contributed by atoms with Gasteiger partial charge in [0.2, 0.25) is 5.91 Å². The monoisotopic (exact) mass is 185 g/mol. The average Bonchev–Trinajstić information content (AvgIpc) is 2.46. The first-order chi connectivity index (χ1) is 6.19. The molecule has 2 unspecified atom stereocenters. The van der Waals surface area contributed by atoms with E-state index in [1.807, 2.05) is 0 Å². The predicted octanol–water partition coefficient (Wildman–Crippen LogP) is -0.598. The molecule has 0 aromatic carbocycles. The third kappa shape index (κ3) is 2.42. The number of hydrogen-bond acceptors (Lipinski definition) is 3. The summed E-state index contributed by atoms with van der Waals surface area (Å²) in [7, 11) is 1.67. The molecular weight excluding hydrogens is 166 g/mol. The van der Waals surface area contributed by atoms with Crippen molar-refractivity contribution in [2.45, 2.75) is 19.4 Å². The van der Waals surface area contributed by atoms with Gasteiger partial charge in [-0.25, -0.2) is 0 Å². The maximum absolute atomic E-state index is 11.1. The fourth-order valence-corrected chi connectivity index (χ4v) is 1.93. The Morgan fingerprint density at radius 3 is 2.92 bits per heavy atom. The molecule has 1 fully saturated rings. The van der Waals surface area contributed by atoms with Crippen LogP contribution < -0.4 is 11.1 Å². The van der Waals surface area contributed by atoms with Crippen LogP contribution in [0.2, 0.25) is 0 Å². The first-order valence-corrected chi connectivity index (χ1v) is 4.83. The van der Waals surface area contributed by atoms with Gasteiger partial charge in [-0.2, -0.15) is 0 Å². The zero-order chi connectivity index (χ0) is 9.84. The Morgan fingerprint density at radius 2 is 2.38 bits per heavy atom. The minimum atomic E-state index is 0.0764. The lowest BCUT2D eigenvalue weighted by Gasteiger charge is -2.24. The van der Waals surface area contributed by atoms with Gasteiger partial charge in [0.1, 0.15) is 0 Å². The fourth-order valence-electron chi connectivity index (χ4n) is 1.93. The molecule has 0 radical (unpaired) electrons. The number of likely N-dealkylation sites (tertiary alicyclic amines) is 1. The topological polar surface area (TPSA) is 58.4 Å². The second-order valence-corrected chi connectivity index (χ2v) is 3.71. The smallest absolute Gasteiger partial charge is 0.233 e. The Hall–Kier alpha value is -0.610. The number of likely N-dealkylation sites (N-methyl/N-ethyl adjacent to an activating group) is 1. The average molecular weight is 185 g/mol. The Bertz CT molecular complexity index is 184. The number of hydrogen-bond donors (Lipinski definition) is 2. The van der Waals surface area contributed by atoms with Crippen LogP contribution in [0.5, 0.6) is 0 Å². The van der Waals surface area contributed by atoms with E-state index in [0.717, 1.165) is 13.0 Å². The normalized spacial score (nSPS) is 29.2. The van der Waals surface area contributed by atoms with E-state index in [4.69, 9.17) is 5.73 Å². The second kappa shape index (κ2) is 4.58. The van der Waals surface area contributed by atoms with Crippen LogP contribution in [0, 0.1) is 5.92 Å². The zero-order valence-corrected chi connectivity index (χ0v) is 8.42. The molecule has 1 saturated heterocycles. The van der Waals surface area contributed by atoms with Crippen LogP contribution >= 0.6 is 0 Å². The molecule has 0 bridgehead atoms. The summed E-state index contributed by atoms with van der Waals surface area (Å²) in [6, 6.07) is 0.386. The van der Waals surface area contributed by atoms with E-state index in [1.54, 1.807) is 7.05 Å². The maximum atomic E-state index is 11.1. The third-order valence-corrected chi connectivity index (χ3v) is 2.86. The molecule has 0 aromatic rings. The zero-order valence-electron chi connectivity index (χ0n) is 8.42. The minimum Gasteiger partial charge on any atom is -0.358 e. The number of rotatable bonds is 3. The van der Waals surface area contributed by atoms with E-state index in [-0.39, 0.29) is 5.91 Å². The van der Waals surface area contributed by atoms with Crippen LogP contribution in [0.15, 0.2) is 0 Å². The number of amides is 1. The van der Waals surface area contributed by atoms with E-state index in [2.05, 4.69) is 17.1 Å². The Balaban J connectivity index is 2.45. The summed E-state index contributed by atoms with van der Waals surface area (Å²) in [6.45, 7) is 4.33. The summed E-state index contributed by atoms with van der Waals surface area (Å²) in [4.78, 5) is 13.3. The van der Waals surface area contributed by atoms with Crippen molar-refractivity contribution in [1.82, 2.24) is 10.2 Å². The molecule has 1 rings (SSSR count).